The summed E-state index contributed by atoms with van der Waals surface area (Å²) < 4.78 is 11.1. The highest BCUT2D eigenvalue weighted by Gasteiger charge is 2.28. The standard InChI is InChI=1S/C13H17NO4/c1-13(2,3)18-10-6-7-12(17-9-4-5-9)11(8-10)14(15)16/h6-9H,4-5H2,1-3H3. The first-order valence-corrected chi connectivity index (χ1v) is 5.99. The second-order valence-corrected chi connectivity index (χ2v) is 5.42. The molecule has 0 heterocycles. The molecule has 0 radical (unpaired) electrons. The summed E-state index contributed by atoms with van der Waals surface area (Å²) >= 11 is 0. The minimum atomic E-state index is -0.437. The van der Waals surface area contributed by atoms with Gasteiger partial charge in [-0.3, -0.25) is 10.1 Å². The number of nitro groups is 1. The fourth-order valence-electron chi connectivity index (χ4n) is 1.52. The first-order chi connectivity index (χ1) is 8.35. The van der Waals surface area contributed by atoms with Crippen LogP contribution in [0.3, 0.4) is 0 Å². The van der Waals surface area contributed by atoms with Gasteiger partial charge in [-0.1, -0.05) is 0 Å². The summed E-state index contributed by atoms with van der Waals surface area (Å²) in [6.45, 7) is 5.69. The van der Waals surface area contributed by atoms with Gasteiger partial charge < -0.3 is 9.47 Å². The number of nitrogens with zero attached hydrogens (tertiary/aromatic N) is 1. The minimum absolute atomic E-state index is 0.0383. The molecular weight excluding hydrogens is 234 g/mol. The van der Waals surface area contributed by atoms with Crippen LogP contribution in [0.1, 0.15) is 33.6 Å². The van der Waals surface area contributed by atoms with Crippen molar-refractivity contribution in [2.45, 2.75) is 45.3 Å². The fraction of sp³-hybridized carbons (Fsp3) is 0.538. The Hall–Kier alpha value is -1.78. The molecule has 2 rings (SSSR count). The maximum absolute atomic E-state index is 11.0. The smallest absolute Gasteiger partial charge is 0.314 e. The van der Waals surface area contributed by atoms with E-state index in [0.717, 1.165) is 12.8 Å². The molecule has 0 atom stereocenters. The minimum Gasteiger partial charge on any atom is -0.488 e. The number of hydrogen-bond acceptors (Lipinski definition) is 4. The van der Waals surface area contributed by atoms with Gasteiger partial charge in [0.25, 0.3) is 0 Å². The summed E-state index contributed by atoms with van der Waals surface area (Å²) in [5.74, 6) is 0.807. The SMILES string of the molecule is CC(C)(C)Oc1ccc(OC2CC2)c([N+](=O)[O-])c1. The largest absolute Gasteiger partial charge is 0.488 e. The zero-order valence-electron chi connectivity index (χ0n) is 10.8. The summed E-state index contributed by atoms with van der Waals surface area (Å²) in [6.07, 6.45) is 2.08. The van der Waals surface area contributed by atoms with E-state index in [2.05, 4.69) is 0 Å². The third kappa shape index (κ3) is 3.35. The molecule has 5 nitrogen and oxygen atoms in total. The van der Waals surface area contributed by atoms with E-state index in [0.29, 0.717) is 11.5 Å². The zero-order chi connectivity index (χ0) is 13.3. The molecule has 1 aliphatic rings. The number of hydrogen-bond donors (Lipinski definition) is 0. The van der Waals surface area contributed by atoms with E-state index in [1.807, 2.05) is 20.8 Å². The first-order valence-electron chi connectivity index (χ1n) is 5.99. The highest BCUT2D eigenvalue weighted by molar-refractivity contribution is 5.51. The van der Waals surface area contributed by atoms with Gasteiger partial charge in [-0.2, -0.15) is 0 Å². The van der Waals surface area contributed by atoms with Crippen LogP contribution >= 0.6 is 0 Å². The zero-order valence-corrected chi connectivity index (χ0v) is 10.8. The fourth-order valence-corrected chi connectivity index (χ4v) is 1.52. The van der Waals surface area contributed by atoms with Gasteiger partial charge in [0.1, 0.15) is 11.4 Å². The lowest BCUT2D eigenvalue weighted by Gasteiger charge is -2.21. The van der Waals surface area contributed by atoms with E-state index in [4.69, 9.17) is 9.47 Å². The Kier molecular flexibility index (Phi) is 3.15. The number of rotatable bonds is 4. The first kappa shape index (κ1) is 12.7. The van der Waals surface area contributed by atoms with Crippen molar-refractivity contribution in [3.05, 3.63) is 28.3 Å². The van der Waals surface area contributed by atoms with E-state index in [1.165, 1.54) is 6.07 Å². The van der Waals surface area contributed by atoms with Crippen LogP contribution in [-0.4, -0.2) is 16.6 Å². The molecule has 18 heavy (non-hydrogen) atoms. The van der Waals surface area contributed by atoms with Crippen molar-refractivity contribution in [2.24, 2.45) is 0 Å². The molecule has 1 aromatic rings. The molecule has 1 saturated carbocycles. The predicted molar refractivity (Wildman–Crippen MR) is 67.1 cm³/mol. The lowest BCUT2D eigenvalue weighted by atomic mass is 10.2. The summed E-state index contributed by atoms with van der Waals surface area (Å²) in [5.41, 5.74) is -0.420. The number of nitro benzene ring substituents is 1. The van der Waals surface area contributed by atoms with Gasteiger partial charge in [-0.25, -0.2) is 0 Å². The Bertz CT molecular complexity index is 461. The highest BCUT2D eigenvalue weighted by atomic mass is 16.6. The molecule has 1 aliphatic carbocycles. The Morgan fingerprint density at radius 1 is 1.33 bits per heavy atom. The molecule has 0 amide bonds. The van der Waals surface area contributed by atoms with Crippen LogP contribution in [0.2, 0.25) is 0 Å². The summed E-state index contributed by atoms with van der Waals surface area (Å²) in [4.78, 5) is 10.6. The molecule has 0 saturated heterocycles. The van der Waals surface area contributed by atoms with Gasteiger partial charge in [-0.05, 0) is 45.7 Å². The molecular formula is C13H17NO4. The third-order valence-corrected chi connectivity index (χ3v) is 2.37. The molecule has 0 aliphatic heterocycles. The Labute approximate surface area is 106 Å². The molecule has 0 aromatic heterocycles. The Morgan fingerprint density at radius 2 is 2.00 bits per heavy atom. The highest BCUT2D eigenvalue weighted by Crippen LogP contribution is 2.36. The maximum atomic E-state index is 11.0. The van der Waals surface area contributed by atoms with E-state index >= 15 is 0 Å². The van der Waals surface area contributed by atoms with Crippen LogP contribution in [0.5, 0.6) is 11.5 Å². The monoisotopic (exact) mass is 251 g/mol. The number of ether oxygens (including phenoxy) is 2. The van der Waals surface area contributed by atoms with Crippen molar-refractivity contribution in [2.75, 3.05) is 0 Å². The number of benzene rings is 1. The van der Waals surface area contributed by atoms with E-state index in [1.54, 1.807) is 12.1 Å². The van der Waals surface area contributed by atoms with E-state index in [-0.39, 0.29) is 17.4 Å². The second-order valence-electron chi connectivity index (χ2n) is 5.42. The van der Waals surface area contributed by atoms with E-state index < -0.39 is 4.92 Å². The average Bonchev–Trinajstić information content (AvgIpc) is 3.01. The van der Waals surface area contributed by atoms with Crippen molar-refractivity contribution in [3.8, 4) is 11.5 Å². The molecule has 5 heteroatoms. The summed E-state index contributed by atoms with van der Waals surface area (Å²) in [6, 6.07) is 4.73. The van der Waals surface area contributed by atoms with Gasteiger partial charge >= 0.3 is 5.69 Å². The van der Waals surface area contributed by atoms with Crippen molar-refractivity contribution < 1.29 is 14.4 Å². The lowest BCUT2D eigenvalue weighted by Crippen LogP contribution is -2.22. The van der Waals surface area contributed by atoms with Crippen LogP contribution in [0.25, 0.3) is 0 Å². The van der Waals surface area contributed by atoms with Gasteiger partial charge in [0.15, 0.2) is 5.75 Å². The van der Waals surface area contributed by atoms with Crippen molar-refractivity contribution in [1.29, 1.82) is 0 Å². The van der Waals surface area contributed by atoms with E-state index in [9.17, 15) is 10.1 Å². The molecule has 1 aromatic carbocycles. The second kappa shape index (κ2) is 4.48. The quantitative estimate of drug-likeness (QED) is 0.608. The molecule has 0 unspecified atom stereocenters. The lowest BCUT2D eigenvalue weighted by molar-refractivity contribution is -0.386. The molecule has 1 fully saturated rings. The Morgan fingerprint density at radius 3 is 2.50 bits per heavy atom. The normalized spacial score (nSPS) is 15.3. The summed E-state index contributed by atoms with van der Waals surface area (Å²) in [5, 5.41) is 11.0. The van der Waals surface area contributed by atoms with Crippen molar-refractivity contribution in [1.82, 2.24) is 0 Å². The topological polar surface area (TPSA) is 61.6 Å². The van der Waals surface area contributed by atoms with Gasteiger partial charge in [0.05, 0.1) is 17.1 Å². The van der Waals surface area contributed by atoms with Crippen LogP contribution in [0, 0.1) is 10.1 Å². The maximum Gasteiger partial charge on any atom is 0.314 e. The van der Waals surface area contributed by atoms with Crippen molar-refractivity contribution >= 4 is 5.69 Å². The van der Waals surface area contributed by atoms with Crippen LogP contribution in [0.15, 0.2) is 18.2 Å². The molecule has 0 bridgehead atoms. The molecule has 98 valence electrons. The third-order valence-electron chi connectivity index (χ3n) is 2.37. The molecule has 0 N–H and O–H groups in total. The van der Waals surface area contributed by atoms with Crippen LogP contribution < -0.4 is 9.47 Å². The summed E-state index contributed by atoms with van der Waals surface area (Å²) in [7, 11) is 0. The predicted octanol–water partition coefficient (Wildman–Crippen LogP) is 3.31. The average molecular weight is 251 g/mol. The van der Waals surface area contributed by atoms with Gasteiger partial charge in [-0.15, -0.1) is 0 Å². The van der Waals surface area contributed by atoms with Crippen LogP contribution in [-0.2, 0) is 0 Å². The molecule has 0 spiro atoms. The van der Waals surface area contributed by atoms with Crippen molar-refractivity contribution in [3.63, 3.8) is 0 Å². The van der Waals surface area contributed by atoms with Crippen LogP contribution in [0.4, 0.5) is 5.69 Å². The Balaban J connectivity index is 2.24. The van der Waals surface area contributed by atoms with Gasteiger partial charge in [0.2, 0.25) is 0 Å². The van der Waals surface area contributed by atoms with Gasteiger partial charge in [0, 0.05) is 0 Å².